The van der Waals surface area contributed by atoms with Gasteiger partial charge < -0.3 is 9.84 Å². The summed E-state index contributed by atoms with van der Waals surface area (Å²) in [6.07, 6.45) is 1.37. The van der Waals surface area contributed by atoms with Gasteiger partial charge in [-0.1, -0.05) is 29.8 Å². The number of aliphatic hydroxyl groups excluding tert-OH is 1. The molecule has 2 rings (SSSR count). The van der Waals surface area contributed by atoms with Crippen molar-refractivity contribution in [2.45, 2.75) is 12.5 Å². The first-order valence-electron chi connectivity index (χ1n) is 5.12. The smallest absolute Gasteiger partial charge is 0.123 e. The van der Waals surface area contributed by atoms with E-state index in [-0.39, 0.29) is 0 Å². The predicted molar refractivity (Wildman–Crippen MR) is 68.8 cm³/mol. The highest BCUT2D eigenvalue weighted by atomic mass is 35.5. The molecule has 0 amide bonds. The molecule has 0 aliphatic carbocycles. The summed E-state index contributed by atoms with van der Waals surface area (Å²) < 4.78 is 5.82. The number of aliphatic hydroxyl groups is 1. The molecule has 1 aromatic heterocycles. The average molecular weight is 270 g/mol. The summed E-state index contributed by atoms with van der Waals surface area (Å²) in [4.78, 5) is 4.06. The van der Waals surface area contributed by atoms with Crippen molar-refractivity contribution < 1.29 is 9.84 Å². The highest BCUT2D eigenvalue weighted by Gasteiger charge is 2.14. The molecule has 0 aliphatic rings. The molecule has 1 atom stereocenters. The van der Waals surface area contributed by atoms with Crippen molar-refractivity contribution in [1.29, 1.82) is 0 Å². The van der Waals surface area contributed by atoms with Gasteiger partial charge in [-0.25, -0.2) is 4.98 Å². The van der Waals surface area contributed by atoms with Crippen LogP contribution in [0.2, 0.25) is 4.34 Å². The van der Waals surface area contributed by atoms with Crippen LogP contribution in [0.15, 0.2) is 30.5 Å². The van der Waals surface area contributed by atoms with Crippen LogP contribution in [-0.4, -0.2) is 17.2 Å². The minimum Gasteiger partial charge on any atom is -0.496 e. The zero-order chi connectivity index (χ0) is 12.3. The molecule has 3 nitrogen and oxygen atoms in total. The van der Waals surface area contributed by atoms with Gasteiger partial charge >= 0.3 is 0 Å². The Kier molecular flexibility index (Phi) is 3.99. The van der Waals surface area contributed by atoms with E-state index < -0.39 is 6.10 Å². The fourth-order valence-corrected chi connectivity index (χ4v) is 2.50. The van der Waals surface area contributed by atoms with E-state index in [2.05, 4.69) is 4.98 Å². The number of ether oxygens (including phenoxy) is 1. The molecule has 1 N–H and O–H groups in total. The van der Waals surface area contributed by atoms with Crippen LogP contribution < -0.4 is 4.74 Å². The van der Waals surface area contributed by atoms with Gasteiger partial charge in [-0.3, -0.25) is 0 Å². The largest absolute Gasteiger partial charge is 0.496 e. The molecular weight excluding hydrogens is 258 g/mol. The number of aromatic nitrogens is 1. The molecule has 17 heavy (non-hydrogen) atoms. The van der Waals surface area contributed by atoms with Gasteiger partial charge in [0.1, 0.15) is 21.2 Å². The lowest BCUT2D eigenvalue weighted by molar-refractivity contribution is 0.177. The van der Waals surface area contributed by atoms with Gasteiger partial charge in [0.05, 0.1) is 13.3 Å². The second-order valence-corrected chi connectivity index (χ2v) is 5.23. The molecule has 0 saturated heterocycles. The molecule has 0 radical (unpaired) electrons. The van der Waals surface area contributed by atoms with Crippen LogP contribution in [0.3, 0.4) is 0 Å². The molecule has 2 aromatic rings. The van der Waals surface area contributed by atoms with E-state index in [0.717, 1.165) is 11.3 Å². The zero-order valence-electron chi connectivity index (χ0n) is 9.26. The summed E-state index contributed by atoms with van der Waals surface area (Å²) >= 11 is 7.08. The third-order valence-corrected chi connectivity index (χ3v) is 3.60. The third kappa shape index (κ3) is 2.97. The topological polar surface area (TPSA) is 42.4 Å². The van der Waals surface area contributed by atoms with E-state index in [1.54, 1.807) is 13.3 Å². The van der Waals surface area contributed by atoms with Crippen molar-refractivity contribution in [3.05, 3.63) is 45.4 Å². The second kappa shape index (κ2) is 5.49. The van der Waals surface area contributed by atoms with Crippen LogP contribution in [-0.2, 0) is 6.42 Å². The summed E-state index contributed by atoms with van der Waals surface area (Å²) in [6, 6.07) is 7.61. The van der Waals surface area contributed by atoms with Crippen LogP contribution in [0.4, 0.5) is 0 Å². The zero-order valence-corrected chi connectivity index (χ0v) is 10.8. The first kappa shape index (κ1) is 12.4. The number of methoxy groups -OCH3 is 1. The number of hydrogen-bond donors (Lipinski definition) is 1. The molecule has 0 bridgehead atoms. The van der Waals surface area contributed by atoms with Crippen LogP contribution in [0.1, 0.15) is 16.7 Å². The first-order chi connectivity index (χ1) is 8.20. The summed E-state index contributed by atoms with van der Waals surface area (Å²) in [5.74, 6) is 0.772. The Balaban J connectivity index is 2.15. The third-order valence-electron chi connectivity index (χ3n) is 2.39. The van der Waals surface area contributed by atoms with Crippen molar-refractivity contribution in [3.8, 4) is 5.75 Å². The molecule has 1 heterocycles. The van der Waals surface area contributed by atoms with Gasteiger partial charge in [0, 0.05) is 6.42 Å². The quantitative estimate of drug-likeness (QED) is 0.928. The van der Waals surface area contributed by atoms with Gasteiger partial charge in [-0.05, 0) is 11.6 Å². The van der Waals surface area contributed by atoms with Gasteiger partial charge in [-0.15, -0.1) is 11.3 Å². The molecule has 1 unspecified atom stereocenters. The van der Waals surface area contributed by atoms with E-state index >= 15 is 0 Å². The Labute approximate surface area is 109 Å². The molecule has 0 saturated carbocycles. The van der Waals surface area contributed by atoms with Crippen molar-refractivity contribution >= 4 is 22.9 Å². The highest BCUT2D eigenvalue weighted by molar-refractivity contribution is 7.15. The fraction of sp³-hybridized carbons (Fsp3) is 0.250. The van der Waals surface area contributed by atoms with Gasteiger partial charge in [0.15, 0.2) is 0 Å². The monoisotopic (exact) mass is 269 g/mol. The number of benzene rings is 1. The number of thiazole rings is 1. The lowest BCUT2D eigenvalue weighted by Gasteiger charge is -2.11. The van der Waals surface area contributed by atoms with Gasteiger partial charge in [-0.2, -0.15) is 0 Å². The van der Waals surface area contributed by atoms with E-state index in [4.69, 9.17) is 16.3 Å². The number of nitrogens with zero attached hydrogens (tertiary/aromatic N) is 1. The molecular formula is C12H12ClNO2S. The minimum atomic E-state index is -0.649. The molecule has 5 heteroatoms. The van der Waals surface area contributed by atoms with Crippen LogP contribution in [0.25, 0.3) is 0 Å². The van der Waals surface area contributed by atoms with Crippen molar-refractivity contribution in [1.82, 2.24) is 4.98 Å². The molecule has 90 valence electrons. The Hall–Kier alpha value is -1.10. The van der Waals surface area contributed by atoms with Crippen molar-refractivity contribution in [2.24, 2.45) is 0 Å². The van der Waals surface area contributed by atoms with E-state index in [1.165, 1.54) is 11.3 Å². The SMILES string of the molecule is COc1ccccc1CC(O)c1ncc(Cl)s1. The molecule has 0 aliphatic heterocycles. The fourth-order valence-electron chi connectivity index (χ4n) is 1.59. The standard InChI is InChI=1S/C12H12ClNO2S/c1-16-10-5-3-2-4-8(10)6-9(15)12-14-7-11(13)17-12/h2-5,7,9,15H,6H2,1H3. The minimum absolute atomic E-state index is 0.466. The summed E-state index contributed by atoms with van der Waals surface area (Å²) in [7, 11) is 1.62. The number of rotatable bonds is 4. The highest BCUT2D eigenvalue weighted by Crippen LogP contribution is 2.28. The normalized spacial score (nSPS) is 12.4. The average Bonchev–Trinajstić information content (AvgIpc) is 2.77. The number of hydrogen-bond acceptors (Lipinski definition) is 4. The maximum absolute atomic E-state index is 10.0. The van der Waals surface area contributed by atoms with E-state index in [0.29, 0.717) is 15.8 Å². The Morgan fingerprint density at radius 1 is 1.47 bits per heavy atom. The lowest BCUT2D eigenvalue weighted by atomic mass is 10.1. The molecule has 0 spiro atoms. The number of para-hydroxylation sites is 1. The summed E-state index contributed by atoms with van der Waals surface area (Å²) in [5.41, 5.74) is 0.953. The maximum atomic E-state index is 10.0. The van der Waals surface area contributed by atoms with Crippen molar-refractivity contribution in [2.75, 3.05) is 7.11 Å². The number of halogens is 1. The predicted octanol–water partition coefficient (Wildman–Crippen LogP) is 3.08. The Morgan fingerprint density at radius 3 is 2.88 bits per heavy atom. The Morgan fingerprint density at radius 2 is 2.24 bits per heavy atom. The van der Waals surface area contributed by atoms with Gasteiger partial charge in [0.25, 0.3) is 0 Å². The maximum Gasteiger partial charge on any atom is 0.123 e. The van der Waals surface area contributed by atoms with E-state index in [1.807, 2.05) is 24.3 Å². The van der Waals surface area contributed by atoms with Crippen molar-refractivity contribution in [3.63, 3.8) is 0 Å². The van der Waals surface area contributed by atoms with Crippen LogP contribution in [0.5, 0.6) is 5.75 Å². The molecule has 0 fully saturated rings. The van der Waals surface area contributed by atoms with Crippen LogP contribution in [0, 0.1) is 0 Å². The summed E-state index contributed by atoms with van der Waals surface area (Å²) in [6.45, 7) is 0. The van der Waals surface area contributed by atoms with Gasteiger partial charge in [0.2, 0.25) is 0 Å². The summed E-state index contributed by atoms with van der Waals surface area (Å²) in [5, 5.41) is 10.7. The first-order valence-corrected chi connectivity index (χ1v) is 6.31. The Bertz CT molecular complexity index is 501. The van der Waals surface area contributed by atoms with E-state index in [9.17, 15) is 5.11 Å². The second-order valence-electron chi connectivity index (χ2n) is 3.53. The van der Waals surface area contributed by atoms with Crippen LogP contribution >= 0.6 is 22.9 Å². The molecule has 1 aromatic carbocycles. The lowest BCUT2D eigenvalue weighted by Crippen LogP contribution is -2.02.